The Morgan fingerprint density at radius 2 is 1.84 bits per heavy atom. The molecule has 2 atom stereocenters. The lowest BCUT2D eigenvalue weighted by Gasteiger charge is -2.31. The average Bonchev–Trinajstić information content (AvgIpc) is 2.59. The molecule has 1 aliphatic rings. The number of aliphatic imine (C=N–C) groups is 1. The lowest BCUT2D eigenvalue weighted by molar-refractivity contribution is 0.0220. The molecule has 2 unspecified atom stereocenters. The molecule has 25 heavy (non-hydrogen) atoms. The average molecular weight is 470 g/mol. The van der Waals surface area contributed by atoms with Crippen LogP contribution in [0.4, 0.5) is 0 Å². The molecule has 1 fully saturated rings. The molecule has 7 heteroatoms. The molecular formula is C18H39IN4O2. The second kappa shape index (κ2) is 15.0. The van der Waals surface area contributed by atoms with Gasteiger partial charge in [-0.1, -0.05) is 13.8 Å². The van der Waals surface area contributed by atoms with Crippen LogP contribution in [0.2, 0.25) is 0 Å². The quantitative estimate of drug-likeness (QED) is 0.292. The lowest BCUT2D eigenvalue weighted by atomic mass is 10.0. The highest BCUT2D eigenvalue weighted by molar-refractivity contribution is 14.0. The molecule has 0 aromatic carbocycles. The van der Waals surface area contributed by atoms with E-state index in [1.165, 1.54) is 0 Å². The molecule has 1 heterocycles. The van der Waals surface area contributed by atoms with Crippen molar-refractivity contribution in [2.24, 2.45) is 10.9 Å². The van der Waals surface area contributed by atoms with Crippen molar-refractivity contribution >= 4 is 29.9 Å². The van der Waals surface area contributed by atoms with Crippen LogP contribution in [0.5, 0.6) is 0 Å². The fraction of sp³-hybridized carbons (Fsp3) is 0.944. The minimum atomic E-state index is 0. The first kappa shape index (κ1) is 24.9. The van der Waals surface area contributed by atoms with Crippen LogP contribution in [0, 0.1) is 5.92 Å². The third-order valence-electron chi connectivity index (χ3n) is 4.37. The molecule has 0 aromatic rings. The molecule has 0 radical (unpaired) electrons. The van der Waals surface area contributed by atoms with Crippen LogP contribution < -0.4 is 10.6 Å². The van der Waals surface area contributed by atoms with Crippen LogP contribution in [0.15, 0.2) is 4.99 Å². The SMILES string of the molecule is CCNC(=NCC(C)N1CCOCC1)NCCC(OCC)C(C)C.I. The van der Waals surface area contributed by atoms with Gasteiger partial charge in [0.15, 0.2) is 5.96 Å². The number of hydrogen-bond donors (Lipinski definition) is 2. The molecule has 0 aromatic heterocycles. The molecule has 1 saturated heterocycles. The van der Waals surface area contributed by atoms with Crippen LogP contribution in [-0.2, 0) is 9.47 Å². The number of halogens is 1. The Bertz CT molecular complexity index is 350. The molecule has 0 saturated carbocycles. The Morgan fingerprint density at radius 3 is 2.40 bits per heavy atom. The summed E-state index contributed by atoms with van der Waals surface area (Å²) in [7, 11) is 0. The second-order valence-electron chi connectivity index (χ2n) is 6.67. The highest BCUT2D eigenvalue weighted by Gasteiger charge is 2.17. The predicted molar refractivity (Wildman–Crippen MR) is 116 cm³/mol. The number of guanidine groups is 1. The van der Waals surface area contributed by atoms with Gasteiger partial charge in [-0.3, -0.25) is 9.89 Å². The summed E-state index contributed by atoms with van der Waals surface area (Å²) in [6, 6.07) is 0.441. The van der Waals surface area contributed by atoms with E-state index in [9.17, 15) is 0 Å². The van der Waals surface area contributed by atoms with E-state index in [0.29, 0.717) is 18.1 Å². The highest BCUT2D eigenvalue weighted by atomic mass is 127. The van der Waals surface area contributed by atoms with E-state index in [1.54, 1.807) is 0 Å². The molecule has 0 bridgehead atoms. The van der Waals surface area contributed by atoms with Crippen molar-refractivity contribution in [3.05, 3.63) is 0 Å². The van der Waals surface area contributed by atoms with E-state index in [1.807, 2.05) is 0 Å². The minimum absolute atomic E-state index is 0. The van der Waals surface area contributed by atoms with Gasteiger partial charge in [-0.05, 0) is 33.1 Å². The van der Waals surface area contributed by atoms with Gasteiger partial charge in [0, 0.05) is 38.8 Å². The van der Waals surface area contributed by atoms with Crippen molar-refractivity contribution < 1.29 is 9.47 Å². The minimum Gasteiger partial charge on any atom is -0.379 e. The number of nitrogens with zero attached hydrogens (tertiary/aromatic N) is 2. The molecule has 2 N–H and O–H groups in total. The standard InChI is InChI=1S/C18H38N4O2.HI/c1-6-19-18(20-9-8-17(15(3)4)24-7-2)21-14-16(5)22-10-12-23-13-11-22;/h15-17H,6-14H2,1-5H3,(H2,19,20,21);1H. The first-order valence-corrected chi connectivity index (χ1v) is 9.54. The normalized spacial score (nSPS) is 18.6. The summed E-state index contributed by atoms with van der Waals surface area (Å²) in [4.78, 5) is 7.19. The number of rotatable bonds is 10. The maximum absolute atomic E-state index is 5.80. The summed E-state index contributed by atoms with van der Waals surface area (Å²) in [5.74, 6) is 1.43. The largest absolute Gasteiger partial charge is 0.379 e. The van der Waals surface area contributed by atoms with E-state index >= 15 is 0 Å². The van der Waals surface area contributed by atoms with Gasteiger partial charge in [-0.25, -0.2) is 0 Å². The summed E-state index contributed by atoms with van der Waals surface area (Å²) < 4.78 is 11.2. The molecule has 0 spiro atoms. The van der Waals surface area contributed by atoms with Crippen molar-refractivity contribution in [2.75, 3.05) is 52.5 Å². The second-order valence-corrected chi connectivity index (χ2v) is 6.67. The van der Waals surface area contributed by atoms with Gasteiger partial charge in [0.2, 0.25) is 0 Å². The van der Waals surface area contributed by atoms with E-state index in [0.717, 1.165) is 64.9 Å². The summed E-state index contributed by atoms with van der Waals surface area (Å²) in [5, 5.41) is 6.77. The Morgan fingerprint density at radius 1 is 1.16 bits per heavy atom. The Labute approximate surface area is 171 Å². The lowest BCUT2D eigenvalue weighted by Crippen LogP contribution is -2.44. The predicted octanol–water partition coefficient (Wildman–Crippen LogP) is 2.33. The van der Waals surface area contributed by atoms with Crippen LogP contribution >= 0.6 is 24.0 Å². The molecule has 0 aliphatic carbocycles. The van der Waals surface area contributed by atoms with Gasteiger partial charge >= 0.3 is 0 Å². The fourth-order valence-electron chi connectivity index (χ4n) is 2.85. The topological polar surface area (TPSA) is 58.1 Å². The van der Waals surface area contributed by atoms with Crippen LogP contribution in [0.25, 0.3) is 0 Å². The van der Waals surface area contributed by atoms with Gasteiger partial charge < -0.3 is 20.1 Å². The number of nitrogens with one attached hydrogen (secondary N) is 2. The third-order valence-corrected chi connectivity index (χ3v) is 4.37. The van der Waals surface area contributed by atoms with Crippen molar-refractivity contribution in [3.8, 4) is 0 Å². The third kappa shape index (κ3) is 10.6. The smallest absolute Gasteiger partial charge is 0.191 e. The van der Waals surface area contributed by atoms with Crippen LogP contribution in [0.1, 0.15) is 41.0 Å². The first-order chi connectivity index (χ1) is 11.6. The first-order valence-electron chi connectivity index (χ1n) is 9.54. The zero-order valence-electron chi connectivity index (χ0n) is 16.7. The molecule has 6 nitrogen and oxygen atoms in total. The van der Waals surface area contributed by atoms with Crippen LogP contribution in [-0.4, -0.2) is 75.5 Å². The van der Waals surface area contributed by atoms with Gasteiger partial charge in [0.25, 0.3) is 0 Å². The summed E-state index contributed by atoms with van der Waals surface area (Å²) in [6.07, 6.45) is 1.30. The van der Waals surface area contributed by atoms with Gasteiger partial charge in [-0.2, -0.15) is 0 Å². The monoisotopic (exact) mass is 470 g/mol. The Balaban J connectivity index is 0.00000576. The summed E-state index contributed by atoms with van der Waals surface area (Å²) in [5.41, 5.74) is 0. The van der Waals surface area contributed by atoms with Crippen LogP contribution in [0.3, 0.4) is 0 Å². The molecule has 0 amide bonds. The van der Waals surface area contributed by atoms with E-state index < -0.39 is 0 Å². The molecule has 1 aliphatic heterocycles. The summed E-state index contributed by atoms with van der Waals surface area (Å²) >= 11 is 0. The van der Waals surface area contributed by atoms with Crippen molar-refractivity contribution in [3.63, 3.8) is 0 Å². The van der Waals surface area contributed by atoms with Gasteiger partial charge in [0.05, 0.1) is 25.9 Å². The number of morpholine rings is 1. The van der Waals surface area contributed by atoms with E-state index in [-0.39, 0.29) is 24.0 Å². The van der Waals surface area contributed by atoms with Gasteiger partial charge in [-0.15, -0.1) is 24.0 Å². The summed E-state index contributed by atoms with van der Waals surface area (Å²) in [6.45, 7) is 17.8. The number of hydrogen-bond acceptors (Lipinski definition) is 4. The van der Waals surface area contributed by atoms with E-state index in [4.69, 9.17) is 14.5 Å². The Hall–Kier alpha value is -0.120. The zero-order valence-corrected chi connectivity index (χ0v) is 19.0. The van der Waals surface area contributed by atoms with Gasteiger partial charge in [0.1, 0.15) is 0 Å². The maximum atomic E-state index is 5.80. The van der Waals surface area contributed by atoms with Crippen molar-refractivity contribution in [2.45, 2.75) is 53.2 Å². The van der Waals surface area contributed by atoms with Crippen molar-refractivity contribution in [1.82, 2.24) is 15.5 Å². The molecular weight excluding hydrogens is 431 g/mol. The molecule has 150 valence electrons. The molecule has 1 rings (SSSR count). The number of ether oxygens (including phenoxy) is 2. The highest BCUT2D eigenvalue weighted by Crippen LogP contribution is 2.10. The van der Waals surface area contributed by atoms with Crippen molar-refractivity contribution in [1.29, 1.82) is 0 Å². The maximum Gasteiger partial charge on any atom is 0.191 e. The zero-order chi connectivity index (χ0) is 17.8. The van der Waals surface area contributed by atoms with E-state index in [2.05, 4.69) is 50.2 Å². The Kier molecular flexibility index (Phi) is 14.9. The fourth-order valence-corrected chi connectivity index (χ4v) is 2.85.